The molecule has 1 fully saturated rings. The summed E-state index contributed by atoms with van der Waals surface area (Å²) in [6.45, 7) is 6.22. The molecule has 0 saturated heterocycles. The summed E-state index contributed by atoms with van der Waals surface area (Å²) in [6, 6.07) is 0. The lowest BCUT2D eigenvalue weighted by Crippen LogP contribution is -2.37. The molecule has 0 radical (unpaired) electrons. The van der Waals surface area contributed by atoms with Crippen LogP contribution in [0.25, 0.3) is 0 Å². The van der Waals surface area contributed by atoms with Crippen molar-refractivity contribution in [1.82, 2.24) is 0 Å². The minimum absolute atomic E-state index is 0.0206. The highest BCUT2D eigenvalue weighted by Gasteiger charge is 2.37. The van der Waals surface area contributed by atoms with Gasteiger partial charge in [0.25, 0.3) is 0 Å². The van der Waals surface area contributed by atoms with Gasteiger partial charge in [0.2, 0.25) is 0 Å². The third-order valence-electron chi connectivity index (χ3n) is 4.65. The number of carbonyl (C=O) groups excluding carboxylic acids is 4. The van der Waals surface area contributed by atoms with Gasteiger partial charge in [-0.1, -0.05) is 5.57 Å². The number of allylic oxidation sites excluding steroid dienone is 3. The normalized spacial score (nSPS) is 24.0. The fraction of sp³-hybridized carbons (Fsp3) is 0.600. The highest BCUT2D eigenvalue weighted by atomic mass is 16.5. The summed E-state index contributed by atoms with van der Waals surface area (Å²) >= 11 is 0. The van der Waals surface area contributed by atoms with Gasteiger partial charge in [0.1, 0.15) is 6.10 Å². The first kappa shape index (κ1) is 21.8. The van der Waals surface area contributed by atoms with Gasteiger partial charge in [-0.05, 0) is 58.1 Å². The van der Waals surface area contributed by atoms with Crippen molar-refractivity contribution in [3.8, 4) is 0 Å². The Morgan fingerprint density at radius 3 is 2.19 bits per heavy atom. The van der Waals surface area contributed by atoms with E-state index in [0.717, 1.165) is 18.4 Å². The number of ketones is 2. The Morgan fingerprint density at radius 1 is 1.00 bits per heavy atom. The van der Waals surface area contributed by atoms with E-state index in [1.165, 1.54) is 34.0 Å². The Labute approximate surface area is 154 Å². The van der Waals surface area contributed by atoms with Crippen molar-refractivity contribution < 1.29 is 28.7 Å². The predicted molar refractivity (Wildman–Crippen MR) is 96.2 cm³/mol. The molecular weight excluding hydrogens is 336 g/mol. The van der Waals surface area contributed by atoms with Gasteiger partial charge < -0.3 is 9.47 Å². The summed E-state index contributed by atoms with van der Waals surface area (Å²) in [5.74, 6) is -1.46. The number of hydrogen-bond acceptors (Lipinski definition) is 6. The summed E-state index contributed by atoms with van der Waals surface area (Å²) in [5, 5.41) is 0. The van der Waals surface area contributed by atoms with E-state index in [-0.39, 0.29) is 47.5 Å². The first-order chi connectivity index (χ1) is 12.1. The fourth-order valence-corrected chi connectivity index (χ4v) is 3.61. The molecule has 1 aliphatic rings. The highest BCUT2D eigenvalue weighted by Crippen LogP contribution is 2.39. The second kappa shape index (κ2) is 10.0. The number of esters is 2. The first-order valence-corrected chi connectivity index (χ1v) is 8.81. The molecule has 0 aromatic rings. The summed E-state index contributed by atoms with van der Waals surface area (Å²) in [5.41, 5.74) is 1.12. The zero-order valence-electron chi connectivity index (χ0n) is 16.2. The molecule has 0 amide bonds. The van der Waals surface area contributed by atoms with Crippen LogP contribution >= 0.6 is 0 Å². The molecule has 1 rings (SSSR count). The Kier molecular flexibility index (Phi) is 8.42. The van der Waals surface area contributed by atoms with Crippen LogP contribution in [-0.4, -0.2) is 36.7 Å². The van der Waals surface area contributed by atoms with E-state index in [1.54, 1.807) is 6.08 Å². The molecule has 144 valence electrons. The fourth-order valence-electron chi connectivity index (χ4n) is 3.61. The zero-order valence-corrected chi connectivity index (χ0v) is 16.2. The maximum atomic E-state index is 12.5. The van der Waals surface area contributed by atoms with Gasteiger partial charge >= 0.3 is 11.9 Å². The highest BCUT2D eigenvalue weighted by molar-refractivity contribution is 5.99. The molecule has 1 saturated carbocycles. The van der Waals surface area contributed by atoms with Crippen molar-refractivity contribution in [3.63, 3.8) is 0 Å². The maximum Gasteiger partial charge on any atom is 0.333 e. The van der Waals surface area contributed by atoms with E-state index in [9.17, 15) is 19.2 Å². The van der Waals surface area contributed by atoms with Crippen LogP contribution in [0.2, 0.25) is 0 Å². The molecule has 0 spiro atoms. The lowest BCUT2D eigenvalue weighted by molar-refractivity contribution is -0.153. The molecule has 26 heavy (non-hydrogen) atoms. The Morgan fingerprint density at radius 2 is 1.65 bits per heavy atom. The lowest BCUT2D eigenvalue weighted by atomic mass is 9.71. The molecule has 6 nitrogen and oxygen atoms in total. The van der Waals surface area contributed by atoms with Gasteiger partial charge in [-0.2, -0.15) is 0 Å². The summed E-state index contributed by atoms with van der Waals surface area (Å²) in [4.78, 5) is 46.8. The zero-order chi connectivity index (χ0) is 19.9. The predicted octanol–water partition coefficient (Wildman–Crippen LogP) is 2.95. The molecule has 3 atom stereocenters. The maximum absolute atomic E-state index is 12.5. The molecule has 0 unspecified atom stereocenters. The summed E-state index contributed by atoms with van der Waals surface area (Å²) in [6.07, 6.45) is 4.97. The van der Waals surface area contributed by atoms with E-state index in [4.69, 9.17) is 4.74 Å². The Bertz CT molecular complexity index is 628. The van der Waals surface area contributed by atoms with E-state index >= 15 is 0 Å². The van der Waals surface area contributed by atoms with Gasteiger partial charge in [-0.3, -0.25) is 14.4 Å². The Hall–Kier alpha value is -2.24. The Balaban J connectivity index is 3.07. The van der Waals surface area contributed by atoms with Crippen molar-refractivity contribution in [2.45, 2.75) is 59.5 Å². The van der Waals surface area contributed by atoms with Gasteiger partial charge in [0.05, 0.1) is 7.11 Å². The SMILES string of the molecule is COC(=O)/C(C)=C\C(=O)C[C@@H]1[C@H](OC(C)=O)CCC[C@H]1/C(C)=C/C(C)=O. The average Bonchev–Trinajstić information content (AvgIpc) is 2.54. The second-order valence-corrected chi connectivity index (χ2v) is 6.84. The van der Waals surface area contributed by atoms with Crippen molar-refractivity contribution in [1.29, 1.82) is 0 Å². The minimum atomic E-state index is -0.553. The first-order valence-electron chi connectivity index (χ1n) is 8.81. The third kappa shape index (κ3) is 6.58. The summed E-state index contributed by atoms with van der Waals surface area (Å²) in [7, 11) is 1.26. The lowest BCUT2D eigenvalue weighted by Gasteiger charge is -2.37. The van der Waals surface area contributed by atoms with Gasteiger partial charge in [0, 0.05) is 24.8 Å². The number of hydrogen-bond donors (Lipinski definition) is 0. The standard InChI is InChI=1S/C20H28O6/c1-12(9-14(3)21)17-7-6-8-19(26-15(4)22)18(17)11-16(23)10-13(2)20(24)25-5/h9-10,17-19H,6-8,11H2,1-5H3/b12-9+,13-10-/t17-,18-,19+/m0/s1. The minimum Gasteiger partial charge on any atom is -0.466 e. The van der Waals surface area contributed by atoms with Crippen LogP contribution in [-0.2, 0) is 28.7 Å². The van der Waals surface area contributed by atoms with E-state index in [2.05, 4.69) is 4.74 Å². The molecule has 0 aromatic carbocycles. The molecule has 0 aliphatic heterocycles. The number of methoxy groups -OCH3 is 1. The smallest absolute Gasteiger partial charge is 0.333 e. The van der Waals surface area contributed by atoms with Gasteiger partial charge in [-0.25, -0.2) is 4.79 Å². The monoisotopic (exact) mass is 364 g/mol. The summed E-state index contributed by atoms with van der Waals surface area (Å²) < 4.78 is 10.1. The van der Waals surface area contributed by atoms with E-state index in [0.29, 0.717) is 6.42 Å². The molecule has 1 aliphatic carbocycles. The average molecular weight is 364 g/mol. The van der Waals surface area contributed by atoms with Crippen molar-refractivity contribution >= 4 is 23.5 Å². The number of rotatable bonds is 7. The largest absolute Gasteiger partial charge is 0.466 e. The number of carbonyl (C=O) groups is 4. The van der Waals surface area contributed by atoms with Crippen LogP contribution in [0.15, 0.2) is 23.3 Å². The molecule has 0 aromatic heterocycles. The molecule has 0 N–H and O–H groups in total. The van der Waals surface area contributed by atoms with Crippen LogP contribution in [0, 0.1) is 11.8 Å². The second-order valence-electron chi connectivity index (χ2n) is 6.84. The van der Waals surface area contributed by atoms with E-state index in [1.807, 2.05) is 6.92 Å². The molecule has 0 bridgehead atoms. The van der Waals surface area contributed by atoms with Gasteiger partial charge in [0.15, 0.2) is 11.6 Å². The van der Waals surface area contributed by atoms with Gasteiger partial charge in [-0.15, -0.1) is 0 Å². The van der Waals surface area contributed by atoms with Crippen LogP contribution in [0.5, 0.6) is 0 Å². The van der Waals surface area contributed by atoms with Crippen molar-refractivity contribution in [2.24, 2.45) is 11.8 Å². The van der Waals surface area contributed by atoms with Crippen LogP contribution in [0.4, 0.5) is 0 Å². The molecule has 6 heteroatoms. The van der Waals surface area contributed by atoms with E-state index < -0.39 is 5.97 Å². The van der Waals surface area contributed by atoms with Crippen LogP contribution in [0.1, 0.15) is 53.4 Å². The van der Waals surface area contributed by atoms with Crippen LogP contribution < -0.4 is 0 Å². The van der Waals surface area contributed by atoms with Crippen LogP contribution in [0.3, 0.4) is 0 Å². The number of ether oxygens (including phenoxy) is 2. The molecule has 0 heterocycles. The van der Waals surface area contributed by atoms with Crippen molar-refractivity contribution in [3.05, 3.63) is 23.3 Å². The topological polar surface area (TPSA) is 86.7 Å². The molecular formula is C20H28O6. The van der Waals surface area contributed by atoms with Crippen molar-refractivity contribution in [2.75, 3.05) is 7.11 Å². The quantitative estimate of drug-likeness (QED) is 0.510. The third-order valence-corrected chi connectivity index (χ3v) is 4.65.